The molecule has 152 valence electrons. The summed E-state index contributed by atoms with van der Waals surface area (Å²) >= 11 is 0. The van der Waals surface area contributed by atoms with E-state index in [0.29, 0.717) is 22.5 Å². The number of rotatable bonds is 1. The lowest BCUT2D eigenvalue weighted by atomic mass is 9.71. The first kappa shape index (κ1) is 18.4. The second kappa shape index (κ2) is 5.94. The fourth-order valence-corrected chi connectivity index (χ4v) is 4.26. The van der Waals surface area contributed by atoms with Gasteiger partial charge in [-0.2, -0.15) is 18.3 Å². The summed E-state index contributed by atoms with van der Waals surface area (Å²) in [6.07, 6.45) is -3.05. The van der Waals surface area contributed by atoms with E-state index in [1.54, 1.807) is 6.07 Å². The molecule has 2 N–H and O–H groups in total. The van der Waals surface area contributed by atoms with E-state index in [1.807, 2.05) is 19.1 Å². The standard InChI is InChI=1S/C21H15F3N4O2/c1-11-3-2-4-14-17(11)27-19(30)20(14)9-16(29)26-18-15(20)10-25-28(18)13-7-5-12(6-8-13)21(22,23)24/h2-8,10H,9H2,1H3,(H,26,29)(H,27,30)/t20-/m1/s1. The molecule has 0 bridgehead atoms. The molecular weight excluding hydrogens is 397 g/mol. The zero-order chi connectivity index (χ0) is 21.3. The first-order valence-electron chi connectivity index (χ1n) is 9.19. The van der Waals surface area contributed by atoms with Crippen LogP contribution in [-0.4, -0.2) is 21.6 Å². The van der Waals surface area contributed by atoms with Crippen LogP contribution < -0.4 is 10.6 Å². The van der Waals surface area contributed by atoms with Gasteiger partial charge in [0, 0.05) is 17.7 Å². The number of carbonyl (C=O) groups is 2. The Balaban J connectivity index is 1.68. The highest BCUT2D eigenvalue weighted by atomic mass is 19.4. The van der Waals surface area contributed by atoms with E-state index >= 15 is 0 Å². The van der Waals surface area contributed by atoms with Gasteiger partial charge in [-0.25, -0.2) is 4.68 Å². The summed E-state index contributed by atoms with van der Waals surface area (Å²) in [5, 5.41) is 9.89. The van der Waals surface area contributed by atoms with Gasteiger partial charge in [-0.3, -0.25) is 9.59 Å². The van der Waals surface area contributed by atoms with Crippen molar-refractivity contribution in [3.63, 3.8) is 0 Å². The molecule has 6 nitrogen and oxygen atoms in total. The van der Waals surface area contributed by atoms with E-state index in [2.05, 4.69) is 15.7 Å². The average Bonchev–Trinajstić information content (AvgIpc) is 3.23. The number of alkyl halides is 3. The van der Waals surface area contributed by atoms with Gasteiger partial charge in [0.15, 0.2) is 0 Å². The van der Waals surface area contributed by atoms with Gasteiger partial charge in [0.1, 0.15) is 11.2 Å². The summed E-state index contributed by atoms with van der Waals surface area (Å²) in [7, 11) is 0. The summed E-state index contributed by atoms with van der Waals surface area (Å²) in [4.78, 5) is 25.7. The fraction of sp³-hybridized carbons (Fsp3) is 0.190. The highest BCUT2D eigenvalue weighted by Gasteiger charge is 2.54. The number of aromatic nitrogens is 2. The molecular formula is C21H15F3N4O2. The quantitative estimate of drug-likeness (QED) is 0.639. The summed E-state index contributed by atoms with van der Waals surface area (Å²) in [6, 6.07) is 9.94. The molecule has 9 heteroatoms. The van der Waals surface area contributed by atoms with E-state index < -0.39 is 17.2 Å². The van der Waals surface area contributed by atoms with Crippen molar-refractivity contribution >= 4 is 23.3 Å². The van der Waals surface area contributed by atoms with Crippen LogP contribution in [0.3, 0.4) is 0 Å². The first-order chi connectivity index (χ1) is 14.2. The Morgan fingerprint density at radius 3 is 2.47 bits per heavy atom. The predicted molar refractivity (Wildman–Crippen MR) is 102 cm³/mol. The van der Waals surface area contributed by atoms with Crippen LogP contribution >= 0.6 is 0 Å². The number of aryl methyl sites for hydroxylation is 1. The number of hydrogen-bond donors (Lipinski definition) is 2. The zero-order valence-corrected chi connectivity index (χ0v) is 15.7. The molecule has 30 heavy (non-hydrogen) atoms. The number of carbonyl (C=O) groups excluding carboxylic acids is 2. The third-order valence-electron chi connectivity index (χ3n) is 5.71. The molecule has 1 aromatic heterocycles. The number of hydrogen-bond acceptors (Lipinski definition) is 3. The Kier molecular flexibility index (Phi) is 3.65. The molecule has 5 rings (SSSR count). The molecule has 0 saturated carbocycles. The van der Waals surface area contributed by atoms with E-state index in [1.165, 1.54) is 23.0 Å². The highest BCUT2D eigenvalue weighted by molar-refractivity contribution is 6.15. The van der Waals surface area contributed by atoms with Crippen molar-refractivity contribution in [2.24, 2.45) is 0 Å². The summed E-state index contributed by atoms with van der Waals surface area (Å²) in [5.74, 6) is -0.425. The van der Waals surface area contributed by atoms with Gasteiger partial charge in [-0.05, 0) is 42.3 Å². The minimum atomic E-state index is -4.45. The molecule has 2 aliphatic heterocycles. The molecule has 3 heterocycles. The lowest BCUT2D eigenvalue weighted by Gasteiger charge is -2.31. The molecule has 0 unspecified atom stereocenters. The molecule has 3 aromatic rings. The maximum absolute atomic E-state index is 13.1. The molecule has 1 spiro atoms. The topological polar surface area (TPSA) is 76.0 Å². The average molecular weight is 412 g/mol. The third kappa shape index (κ3) is 2.41. The van der Waals surface area contributed by atoms with Gasteiger partial charge in [0.25, 0.3) is 0 Å². The molecule has 0 radical (unpaired) electrons. The van der Waals surface area contributed by atoms with Crippen LogP contribution in [0.1, 0.15) is 28.7 Å². The maximum Gasteiger partial charge on any atom is 0.416 e. The van der Waals surface area contributed by atoms with E-state index in [9.17, 15) is 22.8 Å². The molecule has 0 fully saturated rings. The molecule has 2 aromatic carbocycles. The van der Waals surface area contributed by atoms with Gasteiger partial charge in [-0.1, -0.05) is 18.2 Å². The minimum absolute atomic E-state index is 0.0823. The van der Waals surface area contributed by atoms with Crippen LogP contribution in [0.5, 0.6) is 0 Å². The van der Waals surface area contributed by atoms with Crippen LogP contribution in [0.4, 0.5) is 24.7 Å². The van der Waals surface area contributed by atoms with Crippen LogP contribution in [-0.2, 0) is 21.2 Å². The summed E-state index contributed by atoms with van der Waals surface area (Å²) < 4.78 is 40.0. The van der Waals surface area contributed by atoms with Gasteiger partial charge in [0.2, 0.25) is 11.8 Å². The number of benzene rings is 2. The summed E-state index contributed by atoms with van der Waals surface area (Å²) in [6.45, 7) is 1.87. The van der Waals surface area contributed by atoms with E-state index in [0.717, 1.165) is 17.7 Å². The number of nitrogens with zero attached hydrogens (tertiary/aromatic N) is 2. The largest absolute Gasteiger partial charge is 0.416 e. The first-order valence-corrected chi connectivity index (χ1v) is 9.19. The van der Waals surface area contributed by atoms with Crippen molar-refractivity contribution < 1.29 is 22.8 Å². The Hall–Kier alpha value is -3.62. The van der Waals surface area contributed by atoms with Gasteiger partial charge in [-0.15, -0.1) is 0 Å². The molecule has 2 amide bonds. The molecule has 0 saturated heterocycles. The van der Waals surface area contributed by atoms with E-state index in [4.69, 9.17) is 0 Å². The lowest BCUT2D eigenvalue weighted by molar-refractivity contribution is -0.137. The van der Waals surface area contributed by atoms with Crippen LogP contribution in [0.15, 0.2) is 48.7 Å². The Morgan fingerprint density at radius 1 is 1.03 bits per heavy atom. The lowest BCUT2D eigenvalue weighted by Crippen LogP contribution is -2.43. The zero-order valence-electron chi connectivity index (χ0n) is 15.7. The van der Waals surface area contributed by atoms with Crippen LogP contribution in [0, 0.1) is 6.92 Å². The van der Waals surface area contributed by atoms with Crippen molar-refractivity contribution in [2.45, 2.75) is 24.9 Å². The van der Waals surface area contributed by atoms with Gasteiger partial charge < -0.3 is 10.6 Å². The highest BCUT2D eigenvalue weighted by Crippen LogP contribution is 2.50. The normalized spacial score (nSPS) is 20.0. The van der Waals surface area contributed by atoms with Crippen LogP contribution in [0.25, 0.3) is 5.69 Å². The van der Waals surface area contributed by atoms with Crippen molar-refractivity contribution in [3.8, 4) is 5.69 Å². The van der Waals surface area contributed by atoms with Gasteiger partial charge >= 0.3 is 6.18 Å². The second-order valence-corrected chi connectivity index (χ2v) is 7.45. The molecule has 0 aliphatic carbocycles. The second-order valence-electron chi connectivity index (χ2n) is 7.45. The third-order valence-corrected chi connectivity index (χ3v) is 5.71. The predicted octanol–water partition coefficient (Wildman–Crippen LogP) is 3.78. The molecule has 1 atom stereocenters. The number of nitrogens with one attached hydrogen (secondary N) is 2. The number of fused-ring (bicyclic) bond motifs is 4. The monoisotopic (exact) mass is 412 g/mol. The van der Waals surface area contributed by atoms with Crippen molar-refractivity contribution in [3.05, 3.63) is 70.9 Å². The number of para-hydroxylation sites is 1. The van der Waals surface area contributed by atoms with Crippen molar-refractivity contribution in [2.75, 3.05) is 10.6 Å². The fourth-order valence-electron chi connectivity index (χ4n) is 4.26. The Bertz CT molecular complexity index is 1210. The Labute approximate surface area is 168 Å². The number of halogens is 3. The Morgan fingerprint density at radius 2 is 1.77 bits per heavy atom. The molecule has 2 aliphatic rings. The number of anilines is 2. The van der Waals surface area contributed by atoms with Gasteiger partial charge in [0.05, 0.1) is 17.4 Å². The summed E-state index contributed by atoms with van der Waals surface area (Å²) in [5.41, 5.74) is 1.06. The number of amides is 2. The maximum atomic E-state index is 13.1. The SMILES string of the molecule is Cc1cccc2c1NC(=O)[C@]21CC(=O)Nc2c1cnn2-c1ccc(C(F)(F)F)cc1. The van der Waals surface area contributed by atoms with Crippen molar-refractivity contribution in [1.82, 2.24) is 9.78 Å². The van der Waals surface area contributed by atoms with E-state index in [-0.39, 0.29) is 24.1 Å². The minimum Gasteiger partial charge on any atom is -0.324 e. The smallest absolute Gasteiger partial charge is 0.324 e. The van der Waals surface area contributed by atoms with Crippen LogP contribution in [0.2, 0.25) is 0 Å². The van der Waals surface area contributed by atoms with Crippen molar-refractivity contribution in [1.29, 1.82) is 0 Å².